The number of aromatic nitrogens is 3. The Bertz CT molecular complexity index is 3080. The Labute approximate surface area is 294 Å². The average Bonchev–Trinajstić information content (AvgIpc) is 3.83. The average molecular weight is 650 g/mol. The van der Waals surface area contributed by atoms with E-state index in [0.29, 0.717) is 0 Å². The van der Waals surface area contributed by atoms with Crippen molar-refractivity contribution in [1.82, 2.24) is 13.7 Å². The maximum absolute atomic E-state index is 2.45. The standard InChI is InChI=1S/C48H31N3/c1-2-14-34(15-3-1)49-41-20-8-6-18-37(41)39-30-32(26-28-45(39)49)33-27-29-46-40(31-33)38-19-7-11-23-44(38)51(46)48-25-13-12-24-47(48)50-42-21-9-4-16-35(42)36-17-5-10-22-43(36)50/h1-31H. The monoisotopic (exact) mass is 649 g/mol. The molecule has 0 N–H and O–H groups in total. The number of hydrogen-bond donors (Lipinski definition) is 0. The third-order valence-corrected chi connectivity index (χ3v) is 10.6. The highest BCUT2D eigenvalue weighted by molar-refractivity contribution is 6.13. The van der Waals surface area contributed by atoms with Crippen LogP contribution in [0.5, 0.6) is 0 Å². The predicted molar refractivity (Wildman–Crippen MR) is 215 cm³/mol. The lowest BCUT2D eigenvalue weighted by Gasteiger charge is -2.16. The van der Waals surface area contributed by atoms with Gasteiger partial charge in [-0.25, -0.2) is 0 Å². The quantitative estimate of drug-likeness (QED) is 0.180. The molecular weight excluding hydrogens is 619 g/mol. The number of para-hydroxylation sites is 7. The molecule has 0 fully saturated rings. The second kappa shape index (κ2) is 10.8. The summed E-state index contributed by atoms with van der Waals surface area (Å²) in [5, 5.41) is 7.53. The lowest BCUT2D eigenvalue weighted by Crippen LogP contribution is -2.03. The van der Waals surface area contributed by atoms with E-state index in [9.17, 15) is 0 Å². The first-order valence-corrected chi connectivity index (χ1v) is 17.5. The lowest BCUT2D eigenvalue weighted by molar-refractivity contribution is 1.10. The molecule has 238 valence electrons. The summed E-state index contributed by atoms with van der Waals surface area (Å²) in [4.78, 5) is 0. The minimum absolute atomic E-state index is 1.15. The number of nitrogens with zero attached hydrogens (tertiary/aromatic N) is 3. The van der Waals surface area contributed by atoms with Gasteiger partial charge in [-0.15, -0.1) is 0 Å². The van der Waals surface area contributed by atoms with E-state index in [2.05, 4.69) is 202 Å². The van der Waals surface area contributed by atoms with Gasteiger partial charge in [0.05, 0.1) is 44.5 Å². The van der Waals surface area contributed by atoms with Crippen molar-refractivity contribution in [2.75, 3.05) is 0 Å². The van der Waals surface area contributed by atoms with Gasteiger partial charge in [-0.05, 0) is 83.9 Å². The van der Waals surface area contributed by atoms with Gasteiger partial charge in [0, 0.05) is 38.0 Å². The van der Waals surface area contributed by atoms with Crippen LogP contribution in [0.2, 0.25) is 0 Å². The van der Waals surface area contributed by atoms with Gasteiger partial charge in [0.2, 0.25) is 0 Å². The van der Waals surface area contributed by atoms with Gasteiger partial charge in [-0.3, -0.25) is 0 Å². The maximum Gasteiger partial charge on any atom is 0.0702 e. The zero-order valence-electron chi connectivity index (χ0n) is 27.7. The first-order chi connectivity index (χ1) is 25.3. The second-order valence-electron chi connectivity index (χ2n) is 13.4. The van der Waals surface area contributed by atoms with Crippen LogP contribution in [-0.2, 0) is 0 Å². The van der Waals surface area contributed by atoms with Crippen LogP contribution in [0.3, 0.4) is 0 Å². The summed E-state index contributed by atoms with van der Waals surface area (Å²) >= 11 is 0. The Morgan fingerprint density at radius 2 is 0.569 bits per heavy atom. The fraction of sp³-hybridized carbons (Fsp3) is 0. The zero-order chi connectivity index (χ0) is 33.5. The van der Waals surface area contributed by atoms with Crippen molar-refractivity contribution >= 4 is 65.4 Å². The smallest absolute Gasteiger partial charge is 0.0702 e. The van der Waals surface area contributed by atoms with E-state index in [-0.39, 0.29) is 0 Å². The van der Waals surface area contributed by atoms with Crippen LogP contribution in [0.25, 0.3) is 93.6 Å². The molecule has 0 atom stereocenters. The summed E-state index contributed by atoms with van der Waals surface area (Å²) in [6, 6.07) is 68.4. The van der Waals surface area contributed by atoms with E-state index in [1.165, 1.54) is 82.2 Å². The minimum atomic E-state index is 1.15. The largest absolute Gasteiger partial charge is 0.309 e. The molecule has 0 aliphatic carbocycles. The summed E-state index contributed by atoms with van der Waals surface area (Å²) in [5.74, 6) is 0. The van der Waals surface area contributed by atoms with Crippen molar-refractivity contribution in [2.24, 2.45) is 0 Å². The fourth-order valence-corrected chi connectivity index (χ4v) is 8.44. The van der Waals surface area contributed by atoms with Crippen molar-refractivity contribution in [3.05, 3.63) is 188 Å². The summed E-state index contributed by atoms with van der Waals surface area (Å²) in [5.41, 5.74) is 13.1. The van der Waals surface area contributed by atoms with Crippen LogP contribution < -0.4 is 0 Å². The van der Waals surface area contributed by atoms with Crippen LogP contribution in [0.1, 0.15) is 0 Å². The van der Waals surface area contributed by atoms with E-state index >= 15 is 0 Å². The maximum atomic E-state index is 2.45. The van der Waals surface area contributed by atoms with Gasteiger partial charge in [0.15, 0.2) is 0 Å². The van der Waals surface area contributed by atoms with E-state index in [1.54, 1.807) is 0 Å². The highest BCUT2D eigenvalue weighted by Crippen LogP contribution is 2.40. The molecule has 11 aromatic rings. The number of hydrogen-bond acceptors (Lipinski definition) is 0. The molecule has 3 aromatic heterocycles. The third-order valence-electron chi connectivity index (χ3n) is 10.6. The Kier molecular flexibility index (Phi) is 5.96. The fourth-order valence-electron chi connectivity index (χ4n) is 8.44. The van der Waals surface area contributed by atoms with Crippen LogP contribution in [-0.4, -0.2) is 13.7 Å². The van der Waals surface area contributed by atoms with Crippen LogP contribution in [0, 0.1) is 0 Å². The van der Waals surface area contributed by atoms with E-state index in [1.807, 2.05) is 0 Å². The highest BCUT2D eigenvalue weighted by Gasteiger charge is 2.20. The van der Waals surface area contributed by atoms with Crippen molar-refractivity contribution < 1.29 is 0 Å². The van der Waals surface area contributed by atoms with Gasteiger partial charge in [-0.2, -0.15) is 0 Å². The molecule has 3 nitrogen and oxygen atoms in total. The minimum Gasteiger partial charge on any atom is -0.309 e. The Balaban J connectivity index is 1.13. The van der Waals surface area contributed by atoms with Crippen LogP contribution in [0.4, 0.5) is 0 Å². The van der Waals surface area contributed by atoms with Crippen molar-refractivity contribution in [1.29, 1.82) is 0 Å². The molecule has 0 amide bonds. The van der Waals surface area contributed by atoms with Crippen molar-refractivity contribution in [3.63, 3.8) is 0 Å². The number of fused-ring (bicyclic) bond motifs is 9. The van der Waals surface area contributed by atoms with E-state index in [4.69, 9.17) is 0 Å². The van der Waals surface area contributed by atoms with E-state index in [0.717, 1.165) is 11.4 Å². The van der Waals surface area contributed by atoms with Gasteiger partial charge in [0.1, 0.15) is 0 Å². The molecule has 8 aromatic carbocycles. The molecule has 0 bridgehead atoms. The summed E-state index contributed by atoms with van der Waals surface area (Å²) < 4.78 is 7.25. The molecule has 0 radical (unpaired) electrons. The molecule has 51 heavy (non-hydrogen) atoms. The summed E-state index contributed by atoms with van der Waals surface area (Å²) in [7, 11) is 0. The second-order valence-corrected chi connectivity index (χ2v) is 13.4. The first kappa shape index (κ1) is 28.0. The lowest BCUT2D eigenvalue weighted by atomic mass is 10.0. The molecule has 0 saturated carbocycles. The van der Waals surface area contributed by atoms with Gasteiger partial charge >= 0.3 is 0 Å². The number of rotatable bonds is 4. The molecule has 0 aliphatic heterocycles. The van der Waals surface area contributed by atoms with Crippen LogP contribution >= 0.6 is 0 Å². The normalized spacial score (nSPS) is 11.9. The summed E-state index contributed by atoms with van der Waals surface area (Å²) in [6.45, 7) is 0. The van der Waals surface area contributed by atoms with Gasteiger partial charge in [-0.1, -0.05) is 115 Å². The molecule has 0 aliphatic rings. The first-order valence-electron chi connectivity index (χ1n) is 17.5. The molecule has 11 rings (SSSR count). The highest BCUT2D eigenvalue weighted by atomic mass is 15.1. The molecule has 3 heteroatoms. The topological polar surface area (TPSA) is 14.8 Å². The molecule has 0 saturated heterocycles. The zero-order valence-corrected chi connectivity index (χ0v) is 27.7. The third kappa shape index (κ3) is 4.06. The van der Waals surface area contributed by atoms with Gasteiger partial charge in [0.25, 0.3) is 0 Å². The molecule has 3 heterocycles. The molecule has 0 unspecified atom stereocenters. The van der Waals surface area contributed by atoms with Crippen molar-refractivity contribution in [3.8, 4) is 28.2 Å². The van der Waals surface area contributed by atoms with Crippen LogP contribution in [0.15, 0.2) is 188 Å². The molecule has 0 spiro atoms. The predicted octanol–water partition coefficient (Wildman–Crippen LogP) is 12.6. The van der Waals surface area contributed by atoms with Crippen molar-refractivity contribution in [2.45, 2.75) is 0 Å². The molecular formula is C48H31N3. The Morgan fingerprint density at radius 1 is 0.235 bits per heavy atom. The Hall–Kier alpha value is -6.84. The number of benzene rings is 8. The SMILES string of the molecule is c1ccc(-n2c3ccccc3c3cc(-c4ccc5c(c4)c4ccccc4n5-c4ccccc4-n4c5ccccc5c5ccccc54)ccc32)cc1. The van der Waals surface area contributed by atoms with Gasteiger partial charge < -0.3 is 13.7 Å². The summed E-state index contributed by atoms with van der Waals surface area (Å²) in [6.07, 6.45) is 0. The Morgan fingerprint density at radius 3 is 1.04 bits per heavy atom. The van der Waals surface area contributed by atoms with E-state index < -0.39 is 0 Å².